The third-order valence-corrected chi connectivity index (χ3v) is 4.49. The number of nitrogens with zero attached hydrogens (tertiary/aromatic N) is 1. The predicted octanol–water partition coefficient (Wildman–Crippen LogP) is 2.07. The van der Waals surface area contributed by atoms with Crippen molar-refractivity contribution < 1.29 is 14.1 Å². The van der Waals surface area contributed by atoms with Crippen LogP contribution >= 0.6 is 11.6 Å². The van der Waals surface area contributed by atoms with E-state index in [9.17, 15) is 9.18 Å². The van der Waals surface area contributed by atoms with Crippen LogP contribution in [0.1, 0.15) is 10.4 Å². The Bertz CT molecular complexity index is 682. The summed E-state index contributed by atoms with van der Waals surface area (Å²) in [5.41, 5.74) is 1.34. The molecule has 23 heavy (non-hydrogen) atoms. The van der Waals surface area contributed by atoms with Crippen LogP contribution in [0.5, 0.6) is 0 Å². The van der Waals surface area contributed by atoms with E-state index in [1.54, 1.807) is 36.4 Å². The Labute approximate surface area is 140 Å². The SMILES string of the molecule is O=C(C[NH+]1CCN(c2ccccc2F)CC1)c1ccc(Cl)cc1. The lowest BCUT2D eigenvalue weighted by atomic mass is 10.1. The fourth-order valence-corrected chi connectivity index (χ4v) is 3.04. The summed E-state index contributed by atoms with van der Waals surface area (Å²) in [4.78, 5) is 15.6. The number of hydrogen-bond donors (Lipinski definition) is 1. The minimum atomic E-state index is -0.187. The Balaban J connectivity index is 1.56. The smallest absolute Gasteiger partial charge is 0.216 e. The van der Waals surface area contributed by atoms with Crippen molar-refractivity contribution in [2.75, 3.05) is 37.6 Å². The van der Waals surface area contributed by atoms with Gasteiger partial charge in [-0.1, -0.05) is 23.7 Å². The van der Waals surface area contributed by atoms with Crippen LogP contribution in [-0.4, -0.2) is 38.5 Å². The highest BCUT2D eigenvalue weighted by molar-refractivity contribution is 6.30. The van der Waals surface area contributed by atoms with E-state index in [1.165, 1.54) is 11.0 Å². The number of nitrogens with one attached hydrogen (secondary N) is 1. The quantitative estimate of drug-likeness (QED) is 0.866. The number of para-hydroxylation sites is 1. The zero-order chi connectivity index (χ0) is 16.2. The van der Waals surface area contributed by atoms with E-state index in [2.05, 4.69) is 0 Å². The van der Waals surface area contributed by atoms with Crippen molar-refractivity contribution in [3.05, 3.63) is 64.9 Å². The van der Waals surface area contributed by atoms with Gasteiger partial charge in [0.05, 0.1) is 31.9 Å². The minimum Gasteiger partial charge on any atom is -0.358 e. The van der Waals surface area contributed by atoms with Gasteiger partial charge in [0.1, 0.15) is 12.4 Å². The first-order chi connectivity index (χ1) is 11.1. The molecule has 0 radical (unpaired) electrons. The highest BCUT2D eigenvalue weighted by Gasteiger charge is 2.24. The minimum absolute atomic E-state index is 0.121. The van der Waals surface area contributed by atoms with Crippen molar-refractivity contribution in [3.8, 4) is 0 Å². The highest BCUT2D eigenvalue weighted by Crippen LogP contribution is 2.18. The van der Waals surface area contributed by atoms with Crippen LogP contribution in [-0.2, 0) is 0 Å². The maximum absolute atomic E-state index is 13.8. The average molecular weight is 334 g/mol. The lowest BCUT2D eigenvalue weighted by Gasteiger charge is -2.33. The Morgan fingerprint density at radius 1 is 1.09 bits per heavy atom. The molecule has 2 aromatic rings. The summed E-state index contributed by atoms with van der Waals surface area (Å²) in [7, 11) is 0. The van der Waals surface area contributed by atoms with Gasteiger partial charge in [-0.25, -0.2) is 4.39 Å². The Morgan fingerprint density at radius 2 is 1.74 bits per heavy atom. The summed E-state index contributed by atoms with van der Waals surface area (Å²) in [5.74, 6) is -0.0656. The van der Waals surface area contributed by atoms with Crippen molar-refractivity contribution in [1.29, 1.82) is 0 Å². The van der Waals surface area contributed by atoms with E-state index in [4.69, 9.17) is 11.6 Å². The molecule has 0 spiro atoms. The zero-order valence-corrected chi connectivity index (χ0v) is 13.5. The van der Waals surface area contributed by atoms with Crippen LogP contribution in [0.25, 0.3) is 0 Å². The lowest BCUT2D eigenvalue weighted by molar-refractivity contribution is -0.892. The van der Waals surface area contributed by atoms with Crippen LogP contribution in [0.2, 0.25) is 5.02 Å². The van der Waals surface area contributed by atoms with Gasteiger partial charge in [0.25, 0.3) is 0 Å². The molecule has 0 bridgehead atoms. The van der Waals surface area contributed by atoms with Gasteiger partial charge in [-0.05, 0) is 36.4 Å². The van der Waals surface area contributed by atoms with Crippen LogP contribution in [0, 0.1) is 5.82 Å². The zero-order valence-electron chi connectivity index (χ0n) is 12.8. The van der Waals surface area contributed by atoms with Crippen molar-refractivity contribution in [1.82, 2.24) is 0 Å². The third kappa shape index (κ3) is 3.89. The number of benzene rings is 2. The molecule has 0 aliphatic carbocycles. The van der Waals surface area contributed by atoms with E-state index < -0.39 is 0 Å². The van der Waals surface area contributed by atoms with Crippen molar-refractivity contribution in [2.45, 2.75) is 0 Å². The van der Waals surface area contributed by atoms with Gasteiger partial charge >= 0.3 is 0 Å². The molecule has 5 heteroatoms. The largest absolute Gasteiger partial charge is 0.358 e. The molecule has 0 saturated carbocycles. The second-order valence-electron chi connectivity index (χ2n) is 5.80. The molecule has 1 aliphatic heterocycles. The van der Waals surface area contributed by atoms with E-state index in [0.717, 1.165) is 26.2 Å². The van der Waals surface area contributed by atoms with E-state index in [-0.39, 0.29) is 11.6 Å². The number of hydrogen-bond acceptors (Lipinski definition) is 2. The molecule has 120 valence electrons. The molecule has 0 aromatic heterocycles. The van der Waals surface area contributed by atoms with Gasteiger partial charge in [0.2, 0.25) is 5.78 Å². The molecule has 1 saturated heterocycles. The number of carbonyl (C=O) groups excluding carboxylic acids is 1. The van der Waals surface area contributed by atoms with Gasteiger partial charge in [0.15, 0.2) is 0 Å². The standard InChI is InChI=1S/C18H18ClFN2O/c19-15-7-5-14(6-8-15)18(23)13-21-9-11-22(12-10-21)17-4-2-1-3-16(17)20/h1-8H,9-13H2/p+1. The Morgan fingerprint density at radius 3 is 2.39 bits per heavy atom. The molecule has 3 nitrogen and oxygen atoms in total. The van der Waals surface area contributed by atoms with Gasteiger partial charge in [-0.3, -0.25) is 4.79 Å². The fourth-order valence-electron chi connectivity index (χ4n) is 2.91. The topological polar surface area (TPSA) is 24.8 Å². The van der Waals surface area contributed by atoms with Crippen LogP contribution < -0.4 is 9.80 Å². The summed E-state index contributed by atoms with van der Waals surface area (Å²) >= 11 is 5.84. The Hall–Kier alpha value is -1.91. The summed E-state index contributed by atoms with van der Waals surface area (Å²) in [6.07, 6.45) is 0. The summed E-state index contributed by atoms with van der Waals surface area (Å²) in [5, 5.41) is 0.632. The second-order valence-corrected chi connectivity index (χ2v) is 6.23. The van der Waals surface area contributed by atoms with Gasteiger partial charge < -0.3 is 9.80 Å². The number of Topliss-reactive ketones (excluding diaryl/α,β-unsaturated/α-hetero) is 1. The number of ketones is 1. The first-order valence-electron chi connectivity index (χ1n) is 7.75. The molecule has 0 amide bonds. The summed E-state index contributed by atoms with van der Waals surface area (Å²) in [6, 6.07) is 13.8. The normalized spacial score (nSPS) is 15.7. The lowest BCUT2D eigenvalue weighted by Crippen LogP contribution is -3.15. The number of quaternary nitrogens is 1. The molecule has 2 aromatic carbocycles. The van der Waals surface area contributed by atoms with E-state index in [1.807, 2.05) is 11.0 Å². The molecule has 1 heterocycles. The maximum Gasteiger partial charge on any atom is 0.216 e. The van der Waals surface area contributed by atoms with Crippen molar-refractivity contribution in [2.24, 2.45) is 0 Å². The van der Waals surface area contributed by atoms with E-state index >= 15 is 0 Å². The van der Waals surface area contributed by atoms with Crippen LogP contribution in [0.3, 0.4) is 0 Å². The maximum atomic E-state index is 13.8. The number of piperazine rings is 1. The average Bonchev–Trinajstić information content (AvgIpc) is 2.57. The Kier molecular flexibility index (Phi) is 4.94. The molecule has 1 fully saturated rings. The molecule has 3 rings (SSSR count). The van der Waals surface area contributed by atoms with Gasteiger partial charge in [0, 0.05) is 10.6 Å². The van der Waals surface area contributed by atoms with Gasteiger partial charge in [-0.15, -0.1) is 0 Å². The fraction of sp³-hybridized carbons (Fsp3) is 0.278. The number of halogens is 2. The first-order valence-corrected chi connectivity index (χ1v) is 8.13. The third-order valence-electron chi connectivity index (χ3n) is 4.24. The molecule has 1 N–H and O–H groups in total. The first kappa shape index (κ1) is 16.0. The monoisotopic (exact) mass is 333 g/mol. The van der Waals surface area contributed by atoms with Crippen molar-refractivity contribution >= 4 is 23.1 Å². The van der Waals surface area contributed by atoms with Crippen LogP contribution in [0.15, 0.2) is 48.5 Å². The number of anilines is 1. The highest BCUT2D eigenvalue weighted by atomic mass is 35.5. The van der Waals surface area contributed by atoms with E-state index in [0.29, 0.717) is 22.8 Å². The molecule has 0 atom stereocenters. The second kappa shape index (κ2) is 7.11. The van der Waals surface area contributed by atoms with Crippen molar-refractivity contribution in [3.63, 3.8) is 0 Å². The number of carbonyl (C=O) groups is 1. The number of rotatable bonds is 4. The molecule has 0 unspecified atom stereocenters. The van der Waals surface area contributed by atoms with Gasteiger partial charge in [-0.2, -0.15) is 0 Å². The molecular weight excluding hydrogens is 315 g/mol. The van der Waals surface area contributed by atoms with Crippen LogP contribution in [0.4, 0.5) is 10.1 Å². The summed E-state index contributed by atoms with van der Waals surface area (Å²) in [6.45, 7) is 3.63. The predicted molar refractivity (Wildman–Crippen MR) is 90.0 cm³/mol. The molecule has 1 aliphatic rings. The summed E-state index contributed by atoms with van der Waals surface area (Å²) < 4.78 is 13.8. The molecular formula is C18H19ClFN2O+.